The first-order valence-electron chi connectivity index (χ1n) is 13.5. The number of hydrogen-bond donors (Lipinski definition) is 3. The molecule has 0 radical (unpaired) electrons. The van der Waals surface area contributed by atoms with Crippen LogP contribution in [0.25, 0.3) is 0 Å². The van der Waals surface area contributed by atoms with Crippen LogP contribution in [-0.4, -0.2) is 28.7 Å². The largest absolute Gasteiger partial charge is 0.489 e. The summed E-state index contributed by atoms with van der Waals surface area (Å²) in [5.74, 6) is 0.320. The highest BCUT2D eigenvalue weighted by Crippen LogP contribution is 2.22. The highest BCUT2D eigenvalue weighted by atomic mass is 16.5. The topological polar surface area (TPSA) is 114 Å². The van der Waals surface area contributed by atoms with E-state index in [0.717, 1.165) is 16.7 Å². The third-order valence-corrected chi connectivity index (χ3v) is 7.05. The van der Waals surface area contributed by atoms with E-state index < -0.39 is 6.04 Å². The van der Waals surface area contributed by atoms with E-state index in [-0.39, 0.29) is 17.7 Å². The van der Waals surface area contributed by atoms with Gasteiger partial charge in [0.15, 0.2) is 0 Å². The van der Waals surface area contributed by atoms with Crippen LogP contribution in [0.1, 0.15) is 39.9 Å². The fourth-order valence-corrected chi connectivity index (χ4v) is 4.72. The summed E-state index contributed by atoms with van der Waals surface area (Å²) in [6.07, 6.45) is 0.910. The van der Waals surface area contributed by atoms with Crippen molar-refractivity contribution in [3.63, 3.8) is 0 Å². The van der Waals surface area contributed by atoms with Crippen molar-refractivity contribution < 1.29 is 19.1 Å². The molecule has 5 rings (SSSR count). The molecule has 1 aliphatic heterocycles. The number of hydrogen-bond acceptors (Lipinski definition) is 5. The predicted molar refractivity (Wildman–Crippen MR) is 158 cm³/mol. The first-order valence-corrected chi connectivity index (χ1v) is 13.5. The van der Waals surface area contributed by atoms with E-state index in [2.05, 4.69) is 10.6 Å². The van der Waals surface area contributed by atoms with Gasteiger partial charge in [-0.3, -0.25) is 14.4 Å². The number of anilines is 2. The van der Waals surface area contributed by atoms with Gasteiger partial charge in [-0.2, -0.15) is 0 Å². The molecule has 1 saturated heterocycles. The molecule has 3 amide bonds. The van der Waals surface area contributed by atoms with Gasteiger partial charge in [0.1, 0.15) is 18.4 Å². The van der Waals surface area contributed by atoms with Crippen molar-refractivity contribution in [2.24, 2.45) is 0 Å². The number of rotatable bonds is 10. The molecule has 1 fully saturated rings. The van der Waals surface area contributed by atoms with Crippen molar-refractivity contribution in [2.75, 3.05) is 11.1 Å². The molecule has 0 saturated carbocycles. The number of ether oxygens (including phenoxy) is 1. The second-order valence-electron chi connectivity index (χ2n) is 9.95. The second-order valence-corrected chi connectivity index (χ2v) is 9.95. The Morgan fingerprint density at radius 3 is 2.24 bits per heavy atom. The van der Waals surface area contributed by atoms with Crippen LogP contribution in [-0.2, 0) is 29.3 Å². The molecule has 8 nitrogen and oxygen atoms in total. The van der Waals surface area contributed by atoms with Crippen LogP contribution in [0, 0.1) is 0 Å². The lowest BCUT2D eigenvalue weighted by Gasteiger charge is -2.24. The second kappa shape index (κ2) is 12.8. The Kier molecular flexibility index (Phi) is 8.59. The van der Waals surface area contributed by atoms with E-state index in [1.165, 1.54) is 0 Å². The molecule has 0 spiro atoms. The molecule has 1 atom stereocenters. The van der Waals surface area contributed by atoms with Gasteiger partial charge < -0.3 is 26.0 Å². The van der Waals surface area contributed by atoms with Gasteiger partial charge in [-0.25, -0.2) is 0 Å². The Hall–Kier alpha value is -5.11. The standard InChI is InChI=1S/C33H32N4O4/c34-28-8-4-5-9-29(28)36-32(39)26-14-10-25(11-15-26)22-41-27-16-12-23(13-17-27)20-35-33(40)30-18-19-31(38)37(30)21-24-6-2-1-3-7-24/h1-17,30H,18-22,34H2,(H,35,40)(H,36,39)/t30-/m1/s1. The van der Waals surface area contributed by atoms with Crippen molar-refractivity contribution in [3.05, 3.63) is 125 Å². The van der Waals surface area contributed by atoms with Gasteiger partial charge in [0.05, 0.1) is 11.4 Å². The number of para-hydroxylation sites is 2. The van der Waals surface area contributed by atoms with E-state index in [1.54, 1.807) is 29.2 Å². The molecule has 208 valence electrons. The van der Waals surface area contributed by atoms with Crippen LogP contribution in [0.2, 0.25) is 0 Å². The van der Waals surface area contributed by atoms with E-state index >= 15 is 0 Å². The summed E-state index contributed by atoms with van der Waals surface area (Å²) in [6.45, 7) is 1.14. The predicted octanol–water partition coefficient (Wildman–Crippen LogP) is 4.91. The van der Waals surface area contributed by atoms with Crippen molar-refractivity contribution in [1.82, 2.24) is 10.2 Å². The van der Waals surface area contributed by atoms with Crippen LogP contribution < -0.4 is 21.1 Å². The van der Waals surface area contributed by atoms with Gasteiger partial charge in [0, 0.05) is 25.1 Å². The third-order valence-electron chi connectivity index (χ3n) is 7.05. The summed E-state index contributed by atoms with van der Waals surface area (Å²) in [6, 6.07) is 31.1. The Balaban J connectivity index is 1.08. The fourth-order valence-electron chi connectivity index (χ4n) is 4.72. The van der Waals surface area contributed by atoms with Gasteiger partial charge in [-0.05, 0) is 59.5 Å². The zero-order valence-electron chi connectivity index (χ0n) is 22.6. The lowest BCUT2D eigenvalue weighted by Crippen LogP contribution is -2.44. The monoisotopic (exact) mass is 548 g/mol. The van der Waals surface area contributed by atoms with E-state index in [0.29, 0.717) is 55.2 Å². The molecule has 0 aromatic heterocycles. The van der Waals surface area contributed by atoms with E-state index in [9.17, 15) is 14.4 Å². The zero-order valence-corrected chi connectivity index (χ0v) is 22.6. The Morgan fingerprint density at radius 2 is 1.51 bits per heavy atom. The number of nitrogens with zero attached hydrogens (tertiary/aromatic N) is 1. The van der Waals surface area contributed by atoms with Gasteiger partial charge in [0.25, 0.3) is 5.91 Å². The zero-order chi connectivity index (χ0) is 28.6. The number of nitrogens with two attached hydrogens (primary N) is 1. The summed E-state index contributed by atoms with van der Waals surface area (Å²) < 4.78 is 5.90. The van der Waals surface area contributed by atoms with Gasteiger partial charge in [-0.15, -0.1) is 0 Å². The fraction of sp³-hybridized carbons (Fsp3) is 0.182. The molecular weight excluding hydrogens is 516 g/mol. The van der Waals surface area contributed by atoms with Crippen molar-refractivity contribution in [3.8, 4) is 5.75 Å². The SMILES string of the molecule is Nc1ccccc1NC(=O)c1ccc(COc2ccc(CNC(=O)[C@H]3CCC(=O)N3Cc3ccccc3)cc2)cc1. The number of carbonyl (C=O) groups is 3. The van der Waals surface area contributed by atoms with Crippen LogP contribution in [0.4, 0.5) is 11.4 Å². The summed E-state index contributed by atoms with van der Waals surface area (Å²) in [7, 11) is 0. The van der Waals surface area contributed by atoms with E-state index in [1.807, 2.05) is 78.9 Å². The number of benzene rings is 4. The maximum atomic E-state index is 12.9. The van der Waals surface area contributed by atoms with Gasteiger partial charge in [0.2, 0.25) is 11.8 Å². The minimum Gasteiger partial charge on any atom is -0.489 e. The molecule has 0 aliphatic carbocycles. The highest BCUT2D eigenvalue weighted by Gasteiger charge is 2.35. The summed E-state index contributed by atoms with van der Waals surface area (Å²) in [5, 5.41) is 5.79. The molecular formula is C33H32N4O4. The average Bonchev–Trinajstić information content (AvgIpc) is 3.37. The normalized spacial score (nSPS) is 14.5. The van der Waals surface area contributed by atoms with Gasteiger partial charge >= 0.3 is 0 Å². The lowest BCUT2D eigenvalue weighted by atomic mass is 10.1. The molecule has 41 heavy (non-hydrogen) atoms. The minimum atomic E-state index is -0.459. The summed E-state index contributed by atoms with van der Waals surface area (Å²) in [4.78, 5) is 39.5. The maximum absolute atomic E-state index is 12.9. The first-order chi connectivity index (χ1) is 20.0. The molecule has 4 N–H and O–H groups in total. The molecule has 0 bridgehead atoms. The van der Waals surface area contributed by atoms with Gasteiger partial charge in [-0.1, -0.05) is 66.7 Å². The maximum Gasteiger partial charge on any atom is 0.255 e. The van der Waals surface area contributed by atoms with Crippen LogP contribution in [0.5, 0.6) is 5.75 Å². The first kappa shape index (κ1) is 27.5. The summed E-state index contributed by atoms with van der Waals surface area (Å²) >= 11 is 0. The Bertz CT molecular complexity index is 1500. The molecule has 8 heteroatoms. The average molecular weight is 549 g/mol. The number of amides is 3. The minimum absolute atomic E-state index is 0.00535. The van der Waals surface area contributed by atoms with Crippen molar-refractivity contribution >= 4 is 29.1 Å². The van der Waals surface area contributed by atoms with Crippen molar-refractivity contribution in [1.29, 1.82) is 0 Å². The van der Waals surface area contributed by atoms with Crippen molar-refractivity contribution in [2.45, 2.75) is 38.6 Å². The number of likely N-dealkylation sites (tertiary alicyclic amines) is 1. The highest BCUT2D eigenvalue weighted by molar-refractivity contribution is 6.05. The van der Waals surface area contributed by atoms with Crippen LogP contribution in [0.3, 0.4) is 0 Å². The molecule has 0 unspecified atom stereocenters. The van der Waals surface area contributed by atoms with E-state index in [4.69, 9.17) is 10.5 Å². The molecule has 4 aromatic carbocycles. The third kappa shape index (κ3) is 7.10. The molecule has 4 aromatic rings. The smallest absolute Gasteiger partial charge is 0.255 e. The quantitative estimate of drug-likeness (QED) is 0.244. The molecule has 1 aliphatic rings. The Labute approximate surface area is 239 Å². The van der Waals surface area contributed by atoms with Crippen LogP contribution >= 0.6 is 0 Å². The van der Waals surface area contributed by atoms with Crippen LogP contribution in [0.15, 0.2) is 103 Å². The number of nitrogens with one attached hydrogen (secondary N) is 2. The number of carbonyl (C=O) groups excluding carboxylic acids is 3. The molecule has 1 heterocycles. The summed E-state index contributed by atoms with van der Waals surface area (Å²) in [5.41, 5.74) is 10.4. The number of nitrogen functional groups attached to an aromatic ring is 1. The Morgan fingerprint density at radius 1 is 0.829 bits per heavy atom. The lowest BCUT2D eigenvalue weighted by molar-refractivity contribution is -0.135.